The molecule has 0 amide bonds. The predicted molar refractivity (Wildman–Crippen MR) is 59.0 cm³/mol. The van der Waals surface area contributed by atoms with Gasteiger partial charge in [0.15, 0.2) is 6.04 Å². The maximum absolute atomic E-state index is 11.4. The van der Waals surface area contributed by atoms with Gasteiger partial charge in [-0.25, -0.2) is 14.1 Å². The molecular formula is C11H18N2O3. The van der Waals surface area contributed by atoms with Crippen LogP contribution < -0.4 is 4.73 Å². The van der Waals surface area contributed by atoms with E-state index in [1.807, 2.05) is 13.8 Å². The molecule has 0 aliphatic carbocycles. The van der Waals surface area contributed by atoms with E-state index in [0.29, 0.717) is 22.5 Å². The molecule has 5 nitrogen and oxygen atoms in total. The van der Waals surface area contributed by atoms with E-state index in [9.17, 15) is 10.0 Å². The monoisotopic (exact) mass is 226 g/mol. The molecule has 0 saturated carbocycles. The number of rotatable bonds is 4. The van der Waals surface area contributed by atoms with Crippen molar-refractivity contribution in [3.8, 4) is 0 Å². The minimum Gasteiger partial charge on any atom is -0.711 e. The first kappa shape index (κ1) is 12.5. The summed E-state index contributed by atoms with van der Waals surface area (Å²) in [5, 5.41) is 20.5. The minimum absolute atomic E-state index is 0.267. The largest absolute Gasteiger partial charge is 0.711 e. The van der Waals surface area contributed by atoms with Gasteiger partial charge in [-0.2, -0.15) is 0 Å². The summed E-state index contributed by atoms with van der Waals surface area (Å²) in [6.07, 6.45) is 1.83. The molecule has 1 aromatic heterocycles. The van der Waals surface area contributed by atoms with Crippen LogP contribution in [0.3, 0.4) is 0 Å². The third-order valence-corrected chi connectivity index (χ3v) is 2.79. The first-order valence-electron chi connectivity index (χ1n) is 5.34. The van der Waals surface area contributed by atoms with Gasteiger partial charge in [0.1, 0.15) is 11.4 Å². The van der Waals surface area contributed by atoms with Crippen molar-refractivity contribution in [1.29, 1.82) is 0 Å². The van der Waals surface area contributed by atoms with Crippen molar-refractivity contribution in [2.45, 2.75) is 40.2 Å². The first-order chi connectivity index (χ1) is 7.34. The standard InChI is InChI=1S/C11H18N2O3/c1-7(2)5-10(11(14)15)12-6-13(16)9(4)8(12)3/h6-7,10H,5H2,1-4H3,(H,14,15). The van der Waals surface area contributed by atoms with Crippen molar-refractivity contribution in [2.24, 2.45) is 5.92 Å². The zero-order valence-corrected chi connectivity index (χ0v) is 10.1. The lowest BCUT2D eigenvalue weighted by Gasteiger charge is -2.12. The number of carboxylic acids is 1. The topological polar surface area (TPSA) is 69.2 Å². The fourth-order valence-electron chi connectivity index (χ4n) is 1.73. The minimum atomic E-state index is -0.896. The van der Waals surface area contributed by atoms with Crippen molar-refractivity contribution >= 4 is 5.97 Å². The van der Waals surface area contributed by atoms with Gasteiger partial charge in [0.2, 0.25) is 6.33 Å². The molecule has 1 atom stereocenters. The van der Waals surface area contributed by atoms with Crippen LogP contribution in [-0.4, -0.2) is 15.6 Å². The molecule has 0 spiro atoms. The second-order valence-corrected chi connectivity index (χ2v) is 4.50. The zero-order chi connectivity index (χ0) is 12.5. The van der Waals surface area contributed by atoms with Gasteiger partial charge in [-0.15, -0.1) is 0 Å². The van der Waals surface area contributed by atoms with Gasteiger partial charge in [-0.1, -0.05) is 13.8 Å². The lowest BCUT2D eigenvalue weighted by Crippen LogP contribution is -2.27. The Morgan fingerprint density at radius 1 is 1.56 bits per heavy atom. The highest BCUT2D eigenvalue weighted by Gasteiger charge is 2.28. The van der Waals surface area contributed by atoms with Gasteiger partial charge in [-0.3, -0.25) is 0 Å². The van der Waals surface area contributed by atoms with E-state index in [-0.39, 0.29) is 5.92 Å². The van der Waals surface area contributed by atoms with Gasteiger partial charge in [0, 0.05) is 20.3 Å². The highest BCUT2D eigenvalue weighted by molar-refractivity contribution is 5.72. The number of carboxylic acid groups (broad SMARTS) is 1. The summed E-state index contributed by atoms with van der Waals surface area (Å²) in [5.74, 6) is -0.629. The van der Waals surface area contributed by atoms with E-state index >= 15 is 0 Å². The summed E-state index contributed by atoms with van der Waals surface area (Å²) < 4.78 is 2.26. The fourth-order valence-corrected chi connectivity index (χ4v) is 1.73. The van der Waals surface area contributed by atoms with Crippen LogP contribution in [0, 0.1) is 25.0 Å². The van der Waals surface area contributed by atoms with Crippen LogP contribution in [0.1, 0.15) is 37.7 Å². The molecule has 0 radical (unpaired) electrons. The molecule has 1 N–H and O–H groups in total. The maximum Gasteiger partial charge on any atom is 0.349 e. The van der Waals surface area contributed by atoms with E-state index in [0.717, 1.165) is 0 Å². The number of hydrogen-bond acceptors (Lipinski definition) is 2. The number of nitrogens with zero attached hydrogens (tertiary/aromatic N) is 2. The average molecular weight is 226 g/mol. The summed E-state index contributed by atoms with van der Waals surface area (Å²) in [4.78, 5) is 11.2. The predicted octanol–water partition coefficient (Wildman–Crippen LogP) is 1.41. The summed E-state index contributed by atoms with van der Waals surface area (Å²) in [6, 6.07) is -0.658. The molecule has 1 rings (SSSR count). The maximum atomic E-state index is 11.4. The van der Waals surface area contributed by atoms with Gasteiger partial charge in [-0.05, 0) is 5.92 Å². The Bertz CT molecular complexity index is 396. The Balaban J connectivity index is 3.11. The molecule has 0 aliphatic heterocycles. The summed E-state index contributed by atoms with van der Waals surface area (Å²) >= 11 is 0. The van der Waals surface area contributed by atoms with Gasteiger partial charge in [0.05, 0.1) is 0 Å². The molecule has 16 heavy (non-hydrogen) atoms. The molecule has 0 bridgehead atoms. The van der Waals surface area contributed by atoms with Crippen LogP contribution in [0.5, 0.6) is 0 Å². The number of hydrogen-bond donors (Lipinski definition) is 1. The lowest BCUT2D eigenvalue weighted by molar-refractivity contribution is -0.611. The highest BCUT2D eigenvalue weighted by Crippen LogP contribution is 2.20. The van der Waals surface area contributed by atoms with Gasteiger partial charge >= 0.3 is 5.97 Å². The summed E-state index contributed by atoms with van der Waals surface area (Å²) in [7, 11) is 0. The van der Waals surface area contributed by atoms with E-state index in [1.165, 1.54) is 6.33 Å². The smallest absolute Gasteiger partial charge is 0.349 e. The van der Waals surface area contributed by atoms with Crippen LogP contribution >= 0.6 is 0 Å². The summed E-state index contributed by atoms with van der Waals surface area (Å²) in [5.41, 5.74) is 1.26. The SMILES string of the molecule is Cc1c(C)[n+]([O-])cn1C(CC(C)C)C(=O)O. The van der Waals surface area contributed by atoms with Crippen molar-refractivity contribution < 1.29 is 14.6 Å². The van der Waals surface area contributed by atoms with E-state index < -0.39 is 12.0 Å². The molecule has 5 heteroatoms. The van der Waals surface area contributed by atoms with Crippen LogP contribution in [0.4, 0.5) is 0 Å². The second kappa shape index (κ2) is 4.55. The molecule has 0 aliphatic rings. The molecule has 1 unspecified atom stereocenters. The summed E-state index contributed by atoms with van der Waals surface area (Å²) in [6.45, 7) is 7.38. The van der Waals surface area contributed by atoms with Gasteiger partial charge < -0.3 is 10.3 Å². The Kier molecular flexibility index (Phi) is 3.57. The molecule has 1 aromatic rings. The van der Waals surface area contributed by atoms with Crippen molar-refractivity contribution in [3.63, 3.8) is 0 Å². The van der Waals surface area contributed by atoms with Crippen LogP contribution in [0.25, 0.3) is 0 Å². The van der Waals surface area contributed by atoms with Crippen LogP contribution in [0.2, 0.25) is 0 Å². The molecule has 0 fully saturated rings. The number of aromatic nitrogens is 2. The Labute approximate surface area is 94.9 Å². The van der Waals surface area contributed by atoms with Crippen molar-refractivity contribution in [2.75, 3.05) is 0 Å². The lowest BCUT2D eigenvalue weighted by atomic mass is 10.0. The highest BCUT2D eigenvalue weighted by atomic mass is 16.5. The normalized spacial score (nSPS) is 13.1. The van der Waals surface area contributed by atoms with E-state index in [1.54, 1.807) is 18.4 Å². The first-order valence-corrected chi connectivity index (χ1v) is 5.34. The molecular weight excluding hydrogens is 208 g/mol. The third kappa shape index (κ3) is 2.35. The van der Waals surface area contributed by atoms with E-state index in [2.05, 4.69) is 0 Å². The zero-order valence-electron chi connectivity index (χ0n) is 10.1. The second-order valence-electron chi connectivity index (χ2n) is 4.50. The molecule has 1 heterocycles. The number of imidazole rings is 1. The molecule has 90 valence electrons. The number of aliphatic carboxylic acids is 1. The average Bonchev–Trinajstić information content (AvgIpc) is 2.42. The Morgan fingerprint density at radius 2 is 2.12 bits per heavy atom. The van der Waals surface area contributed by atoms with Gasteiger partial charge in [0.25, 0.3) is 0 Å². The van der Waals surface area contributed by atoms with E-state index in [4.69, 9.17) is 5.11 Å². The van der Waals surface area contributed by atoms with Crippen molar-refractivity contribution in [1.82, 2.24) is 4.57 Å². The quantitative estimate of drug-likeness (QED) is 0.623. The Hall–Kier alpha value is -1.52. The van der Waals surface area contributed by atoms with Crippen molar-refractivity contribution in [3.05, 3.63) is 22.9 Å². The number of carbonyl (C=O) groups is 1. The third-order valence-electron chi connectivity index (χ3n) is 2.79. The fraction of sp³-hybridized carbons (Fsp3) is 0.636. The van der Waals surface area contributed by atoms with Crippen LogP contribution in [0.15, 0.2) is 6.33 Å². The Morgan fingerprint density at radius 3 is 2.44 bits per heavy atom. The molecule has 0 saturated heterocycles. The molecule has 0 aromatic carbocycles. The van der Waals surface area contributed by atoms with Crippen LogP contribution in [-0.2, 0) is 4.79 Å².